The number of carbonyl (C=O) groups excluding carboxylic acids is 2. The number of amides is 2. The van der Waals surface area contributed by atoms with Crippen molar-refractivity contribution < 1.29 is 14.0 Å². The Balaban J connectivity index is 1.97. The fourth-order valence-corrected chi connectivity index (χ4v) is 2.26. The fourth-order valence-electron chi connectivity index (χ4n) is 1.43. The number of hydrazine groups is 1. The molecule has 2 amide bonds. The molecule has 0 bridgehead atoms. The lowest BCUT2D eigenvalue weighted by atomic mass is 10.4. The van der Waals surface area contributed by atoms with E-state index < -0.39 is 11.8 Å². The van der Waals surface area contributed by atoms with Gasteiger partial charge in [-0.15, -0.1) is 0 Å². The number of halogens is 2. The van der Waals surface area contributed by atoms with Gasteiger partial charge in [0.05, 0.1) is 0 Å². The van der Waals surface area contributed by atoms with Gasteiger partial charge in [-0.1, -0.05) is 0 Å². The van der Waals surface area contributed by atoms with Crippen LogP contribution in [-0.2, 0) is 7.05 Å². The lowest BCUT2D eigenvalue weighted by Crippen LogP contribution is -2.42. The second-order valence-corrected chi connectivity index (χ2v) is 5.36. The first-order valence-corrected chi connectivity index (χ1v) is 6.74. The summed E-state index contributed by atoms with van der Waals surface area (Å²) in [4.78, 5) is 23.4. The molecule has 0 atom stereocenters. The first-order valence-electron chi connectivity index (χ1n) is 5.15. The summed E-state index contributed by atoms with van der Waals surface area (Å²) in [5, 5.41) is 0. The molecule has 2 N–H and O–H groups in total. The van der Waals surface area contributed by atoms with Gasteiger partial charge in [-0.25, -0.2) is 0 Å². The van der Waals surface area contributed by atoms with Crippen molar-refractivity contribution in [1.29, 1.82) is 0 Å². The highest BCUT2D eigenvalue weighted by molar-refractivity contribution is 9.10. The predicted octanol–water partition coefficient (Wildman–Crippen LogP) is 2.22. The van der Waals surface area contributed by atoms with E-state index in [1.54, 1.807) is 29.9 Å². The Labute approximate surface area is 125 Å². The molecule has 0 spiro atoms. The Bertz CT molecular complexity index is 633. The van der Waals surface area contributed by atoms with Crippen LogP contribution in [0.25, 0.3) is 0 Å². The molecule has 8 heteroatoms. The third-order valence-electron chi connectivity index (χ3n) is 2.29. The summed E-state index contributed by atoms with van der Waals surface area (Å²) in [5.41, 5.74) is 4.98. The third kappa shape index (κ3) is 3.27. The molecule has 100 valence electrons. The number of hydrogen-bond acceptors (Lipinski definition) is 3. The summed E-state index contributed by atoms with van der Waals surface area (Å²) in [6.45, 7) is 0. The fraction of sp³-hybridized carbons (Fsp3) is 0.0909. The van der Waals surface area contributed by atoms with Gasteiger partial charge in [-0.3, -0.25) is 20.4 Å². The molecule has 0 aliphatic carbocycles. The average Bonchev–Trinajstić information content (AvgIpc) is 2.92. The van der Waals surface area contributed by atoms with Gasteiger partial charge in [0.25, 0.3) is 5.91 Å². The van der Waals surface area contributed by atoms with E-state index >= 15 is 0 Å². The molecule has 6 nitrogen and oxygen atoms in total. The Morgan fingerprint density at radius 3 is 2.42 bits per heavy atom. The quantitative estimate of drug-likeness (QED) is 0.772. The van der Waals surface area contributed by atoms with Gasteiger partial charge in [0, 0.05) is 17.7 Å². The Morgan fingerprint density at radius 2 is 1.89 bits per heavy atom. The largest absolute Gasteiger partial charge is 0.444 e. The number of furan rings is 1. The van der Waals surface area contributed by atoms with Crippen molar-refractivity contribution in [3.05, 3.63) is 45.0 Å². The van der Waals surface area contributed by atoms with Crippen LogP contribution in [0.5, 0.6) is 0 Å². The van der Waals surface area contributed by atoms with Gasteiger partial charge in [0.15, 0.2) is 10.4 Å². The van der Waals surface area contributed by atoms with E-state index in [0.29, 0.717) is 10.4 Å². The van der Waals surface area contributed by atoms with E-state index in [9.17, 15) is 9.59 Å². The molecule has 0 fully saturated rings. The number of aromatic nitrogens is 1. The molecule has 0 aliphatic rings. The summed E-state index contributed by atoms with van der Waals surface area (Å²) in [6, 6.07) is 4.72. The van der Waals surface area contributed by atoms with Crippen LogP contribution in [-0.4, -0.2) is 16.4 Å². The predicted molar refractivity (Wildman–Crippen MR) is 74.5 cm³/mol. The lowest BCUT2D eigenvalue weighted by molar-refractivity contribution is 0.0826. The first-order chi connectivity index (χ1) is 8.97. The Kier molecular flexibility index (Phi) is 4.11. The number of carbonyl (C=O) groups is 2. The molecule has 19 heavy (non-hydrogen) atoms. The standard InChI is InChI=1S/C11H9Br2N3O3/c1-16-5-6(12)4-7(16)10(17)14-15-11(18)8-2-3-9(13)19-8/h2-5H,1H3,(H,14,17)(H,15,18). The average molecular weight is 391 g/mol. The Hall–Kier alpha value is -1.54. The van der Waals surface area contributed by atoms with Gasteiger partial charge in [-0.05, 0) is 50.1 Å². The van der Waals surface area contributed by atoms with Crippen molar-refractivity contribution in [2.75, 3.05) is 0 Å². The highest BCUT2D eigenvalue weighted by Gasteiger charge is 2.14. The molecule has 0 unspecified atom stereocenters. The Morgan fingerprint density at radius 1 is 1.21 bits per heavy atom. The van der Waals surface area contributed by atoms with Crippen LogP contribution < -0.4 is 10.9 Å². The summed E-state index contributed by atoms with van der Waals surface area (Å²) in [6.07, 6.45) is 1.74. The number of aryl methyl sites for hydroxylation is 1. The second kappa shape index (κ2) is 5.62. The summed E-state index contributed by atoms with van der Waals surface area (Å²) in [5.74, 6) is -0.861. The van der Waals surface area contributed by atoms with E-state index in [1.807, 2.05) is 0 Å². The monoisotopic (exact) mass is 389 g/mol. The van der Waals surface area contributed by atoms with Crippen LogP contribution >= 0.6 is 31.9 Å². The third-order valence-corrected chi connectivity index (χ3v) is 3.15. The van der Waals surface area contributed by atoms with Crippen LogP contribution in [0.4, 0.5) is 0 Å². The molecular formula is C11H9Br2N3O3. The maximum Gasteiger partial charge on any atom is 0.305 e. The summed E-state index contributed by atoms with van der Waals surface area (Å²) < 4.78 is 7.90. The molecule has 0 saturated heterocycles. The summed E-state index contributed by atoms with van der Waals surface area (Å²) in [7, 11) is 1.73. The van der Waals surface area contributed by atoms with E-state index in [-0.39, 0.29) is 5.76 Å². The highest BCUT2D eigenvalue weighted by atomic mass is 79.9. The van der Waals surface area contributed by atoms with Crippen LogP contribution in [0.1, 0.15) is 21.0 Å². The number of nitrogens with zero attached hydrogens (tertiary/aromatic N) is 1. The minimum atomic E-state index is -0.535. The first kappa shape index (κ1) is 13.9. The number of hydrogen-bond donors (Lipinski definition) is 2. The highest BCUT2D eigenvalue weighted by Crippen LogP contribution is 2.14. The minimum absolute atomic E-state index is 0.0974. The lowest BCUT2D eigenvalue weighted by Gasteiger charge is -2.06. The topological polar surface area (TPSA) is 76.3 Å². The van der Waals surface area contributed by atoms with E-state index in [4.69, 9.17) is 4.42 Å². The zero-order valence-electron chi connectivity index (χ0n) is 9.74. The van der Waals surface area contributed by atoms with E-state index in [2.05, 4.69) is 42.7 Å². The normalized spacial score (nSPS) is 10.3. The van der Waals surface area contributed by atoms with Gasteiger partial charge in [-0.2, -0.15) is 0 Å². The van der Waals surface area contributed by atoms with E-state index in [1.165, 1.54) is 6.07 Å². The minimum Gasteiger partial charge on any atom is -0.444 e. The van der Waals surface area contributed by atoms with Gasteiger partial charge in [0.2, 0.25) is 0 Å². The maximum absolute atomic E-state index is 11.8. The van der Waals surface area contributed by atoms with Crippen LogP contribution in [0.2, 0.25) is 0 Å². The van der Waals surface area contributed by atoms with Crippen molar-refractivity contribution in [3.63, 3.8) is 0 Å². The van der Waals surface area contributed by atoms with Crippen LogP contribution in [0.3, 0.4) is 0 Å². The van der Waals surface area contributed by atoms with Crippen molar-refractivity contribution in [1.82, 2.24) is 15.4 Å². The van der Waals surface area contributed by atoms with Crippen LogP contribution in [0.15, 0.2) is 38.0 Å². The van der Waals surface area contributed by atoms with Crippen LogP contribution in [0, 0.1) is 0 Å². The molecule has 0 radical (unpaired) electrons. The molecule has 0 aliphatic heterocycles. The van der Waals surface area contributed by atoms with Gasteiger partial charge >= 0.3 is 5.91 Å². The van der Waals surface area contributed by atoms with Crippen molar-refractivity contribution in [2.45, 2.75) is 0 Å². The molecular weight excluding hydrogens is 382 g/mol. The molecule has 0 aromatic carbocycles. The second-order valence-electron chi connectivity index (χ2n) is 3.67. The molecule has 2 heterocycles. The zero-order valence-corrected chi connectivity index (χ0v) is 12.9. The van der Waals surface area contributed by atoms with Gasteiger partial charge in [0.1, 0.15) is 5.69 Å². The molecule has 2 aromatic rings. The number of nitrogens with one attached hydrogen (secondary N) is 2. The van der Waals surface area contributed by atoms with Crippen molar-refractivity contribution >= 4 is 43.7 Å². The molecule has 2 aromatic heterocycles. The smallest absolute Gasteiger partial charge is 0.305 e. The maximum atomic E-state index is 11.8. The molecule has 0 saturated carbocycles. The molecule has 2 rings (SSSR count). The summed E-state index contributed by atoms with van der Waals surface area (Å²) >= 11 is 6.35. The SMILES string of the molecule is Cn1cc(Br)cc1C(=O)NNC(=O)c1ccc(Br)o1. The van der Waals surface area contributed by atoms with Crippen molar-refractivity contribution in [2.24, 2.45) is 7.05 Å². The van der Waals surface area contributed by atoms with Crippen molar-refractivity contribution in [3.8, 4) is 0 Å². The number of rotatable bonds is 2. The zero-order chi connectivity index (χ0) is 14.0. The van der Waals surface area contributed by atoms with Gasteiger partial charge < -0.3 is 8.98 Å². The van der Waals surface area contributed by atoms with E-state index in [0.717, 1.165) is 4.47 Å².